The van der Waals surface area contributed by atoms with E-state index in [1.54, 1.807) is 31.6 Å². The summed E-state index contributed by atoms with van der Waals surface area (Å²) in [4.78, 5) is 8.81. The maximum Gasteiger partial charge on any atom is 0.159 e. The van der Waals surface area contributed by atoms with Crippen molar-refractivity contribution in [3.63, 3.8) is 0 Å². The summed E-state index contributed by atoms with van der Waals surface area (Å²) in [6, 6.07) is 17.1. The van der Waals surface area contributed by atoms with Crippen LogP contribution < -0.4 is 4.74 Å². The Morgan fingerprint density at radius 3 is 1.95 bits per heavy atom. The van der Waals surface area contributed by atoms with Crippen molar-refractivity contribution >= 4 is 0 Å². The number of aromatic nitrogens is 2. The van der Waals surface area contributed by atoms with Gasteiger partial charge in [-0.1, -0.05) is 12.1 Å². The second-order valence-electron chi connectivity index (χ2n) is 4.71. The average Bonchev–Trinajstić information content (AvgIpc) is 2.62. The van der Waals surface area contributed by atoms with Gasteiger partial charge in [0.1, 0.15) is 5.75 Å². The fourth-order valence-corrected chi connectivity index (χ4v) is 2.10. The first-order valence-electron chi connectivity index (χ1n) is 6.77. The van der Waals surface area contributed by atoms with Gasteiger partial charge in [0.15, 0.2) is 5.82 Å². The van der Waals surface area contributed by atoms with Gasteiger partial charge in [-0.2, -0.15) is 5.26 Å². The zero-order chi connectivity index (χ0) is 15.4. The zero-order valence-corrected chi connectivity index (χ0v) is 12.0. The van der Waals surface area contributed by atoms with Crippen LogP contribution in [0.25, 0.3) is 22.5 Å². The molecule has 0 aliphatic rings. The molecule has 106 valence electrons. The molecule has 0 saturated heterocycles. The predicted molar refractivity (Wildman–Crippen MR) is 84.2 cm³/mol. The summed E-state index contributed by atoms with van der Waals surface area (Å²) < 4.78 is 5.14. The molecule has 3 aromatic rings. The third-order valence-electron chi connectivity index (χ3n) is 3.35. The summed E-state index contributed by atoms with van der Waals surface area (Å²) in [6.45, 7) is 0. The molecule has 0 bridgehead atoms. The van der Waals surface area contributed by atoms with Crippen molar-refractivity contribution in [2.75, 3.05) is 7.11 Å². The van der Waals surface area contributed by atoms with E-state index in [2.05, 4.69) is 16.0 Å². The molecule has 0 aliphatic heterocycles. The predicted octanol–water partition coefficient (Wildman–Crippen LogP) is 3.69. The van der Waals surface area contributed by atoms with E-state index in [1.807, 2.05) is 36.4 Å². The highest BCUT2D eigenvalue weighted by atomic mass is 16.5. The van der Waals surface area contributed by atoms with E-state index in [0.717, 1.165) is 22.4 Å². The highest BCUT2D eigenvalue weighted by molar-refractivity contribution is 5.64. The average molecular weight is 287 g/mol. The largest absolute Gasteiger partial charge is 0.497 e. The van der Waals surface area contributed by atoms with Crippen molar-refractivity contribution in [1.82, 2.24) is 9.97 Å². The Bertz CT molecular complexity index is 801. The van der Waals surface area contributed by atoms with Crippen LogP contribution in [-0.4, -0.2) is 17.1 Å². The molecule has 2 aromatic carbocycles. The van der Waals surface area contributed by atoms with Gasteiger partial charge in [0.2, 0.25) is 0 Å². The van der Waals surface area contributed by atoms with Gasteiger partial charge in [-0.25, -0.2) is 9.97 Å². The molecule has 22 heavy (non-hydrogen) atoms. The number of ether oxygens (including phenoxy) is 1. The van der Waals surface area contributed by atoms with Crippen LogP contribution in [0, 0.1) is 11.3 Å². The Hall–Kier alpha value is -3.19. The van der Waals surface area contributed by atoms with Crippen molar-refractivity contribution in [2.24, 2.45) is 0 Å². The number of nitriles is 1. The first-order chi connectivity index (χ1) is 10.8. The zero-order valence-electron chi connectivity index (χ0n) is 12.0. The minimum atomic E-state index is 0.638. The molecule has 3 rings (SSSR count). The fourth-order valence-electron chi connectivity index (χ4n) is 2.10. The Balaban J connectivity index is 1.86. The number of nitrogens with zero attached hydrogens (tertiary/aromatic N) is 3. The Morgan fingerprint density at radius 2 is 1.41 bits per heavy atom. The Morgan fingerprint density at radius 1 is 0.818 bits per heavy atom. The van der Waals surface area contributed by atoms with Gasteiger partial charge in [0, 0.05) is 23.5 Å². The topological polar surface area (TPSA) is 58.8 Å². The monoisotopic (exact) mass is 287 g/mol. The first-order valence-corrected chi connectivity index (χ1v) is 6.77. The lowest BCUT2D eigenvalue weighted by Crippen LogP contribution is -1.90. The van der Waals surface area contributed by atoms with Crippen molar-refractivity contribution in [1.29, 1.82) is 5.26 Å². The smallest absolute Gasteiger partial charge is 0.159 e. The second-order valence-corrected chi connectivity index (χ2v) is 4.71. The van der Waals surface area contributed by atoms with E-state index in [9.17, 15) is 0 Å². The molecule has 0 N–H and O–H groups in total. The van der Waals surface area contributed by atoms with E-state index in [4.69, 9.17) is 10.00 Å². The SMILES string of the molecule is COc1ccc(-c2ncc(-c3ccc(C#N)cc3)cn2)cc1. The van der Waals surface area contributed by atoms with Crippen LogP contribution in [0.1, 0.15) is 5.56 Å². The molecule has 0 radical (unpaired) electrons. The number of hydrogen-bond acceptors (Lipinski definition) is 4. The highest BCUT2D eigenvalue weighted by Crippen LogP contribution is 2.22. The molecule has 1 aromatic heterocycles. The van der Waals surface area contributed by atoms with E-state index in [-0.39, 0.29) is 0 Å². The van der Waals surface area contributed by atoms with Gasteiger partial charge in [0.05, 0.1) is 18.7 Å². The van der Waals surface area contributed by atoms with Crippen molar-refractivity contribution in [3.05, 3.63) is 66.5 Å². The number of rotatable bonds is 3. The molecule has 4 heteroatoms. The maximum absolute atomic E-state index is 8.82. The van der Waals surface area contributed by atoms with E-state index >= 15 is 0 Å². The molecule has 0 saturated carbocycles. The van der Waals surface area contributed by atoms with E-state index in [0.29, 0.717) is 11.4 Å². The molecular weight excluding hydrogens is 274 g/mol. The first kappa shape index (κ1) is 13.8. The van der Waals surface area contributed by atoms with Gasteiger partial charge >= 0.3 is 0 Å². The molecule has 1 heterocycles. The summed E-state index contributed by atoms with van der Waals surface area (Å²) in [5.74, 6) is 1.47. The lowest BCUT2D eigenvalue weighted by molar-refractivity contribution is 0.415. The van der Waals surface area contributed by atoms with Crippen LogP contribution in [-0.2, 0) is 0 Å². The minimum absolute atomic E-state index is 0.638. The third-order valence-corrected chi connectivity index (χ3v) is 3.35. The molecular formula is C18H13N3O. The quantitative estimate of drug-likeness (QED) is 0.737. The molecule has 4 nitrogen and oxygen atoms in total. The summed E-state index contributed by atoms with van der Waals surface area (Å²) >= 11 is 0. The molecule has 0 atom stereocenters. The normalized spacial score (nSPS) is 10.0. The Kier molecular flexibility index (Phi) is 3.80. The molecule has 0 spiro atoms. The van der Waals surface area contributed by atoms with Crippen molar-refractivity contribution in [2.45, 2.75) is 0 Å². The maximum atomic E-state index is 8.82. The summed E-state index contributed by atoms with van der Waals surface area (Å²) in [5, 5.41) is 8.82. The Labute approximate surface area is 128 Å². The second kappa shape index (κ2) is 6.06. The van der Waals surface area contributed by atoms with Gasteiger partial charge in [-0.05, 0) is 42.0 Å². The lowest BCUT2D eigenvalue weighted by atomic mass is 10.1. The van der Waals surface area contributed by atoms with Crippen LogP contribution in [0.5, 0.6) is 5.75 Å². The van der Waals surface area contributed by atoms with Crippen LogP contribution in [0.15, 0.2) is 60.9 Å². The molecule has 0 unspecified atom stereocenters. The van der Waals surface area contributed by atoms with Crippen molar-refractivity contribution in [3.8, 4) is 34.3 Å². The molecule has 0 amide bonds. The van der Waals surface area contributed by atoms with Crippen LogP contribution in [0.4, 0.5) is 0 Å². The number of methoxy groups -OCH3 is 1. The summed E-state index contributed by atoms with van der Waals surface area (Å²) in [7, 11) is 1.64. The van der Waals surface area contributed by atoms with Crippen LogP contribution in [0.2, 0.25) is 0 Å². The summed E-state index contributed by atoms with van der Waals surface area (Å²) in [6.07, 6.45) is 3.57. The van der Waals surface area contributed by atoms with Crippen LogP contribution >= 0.6 is 0 Å². The lowest BCUT2D eigenvalue weighted by Gasteiger charge is -2.04. The van der Waals surface area contributed by atoms with Gasteiger partial charge in [0.25, 0.3) is 0 Å². The van der Waals surface area contributed by atoms with Gasteiger partial charge < -0.3 is 4.74 Å². The molecule has 0 aliphatic carbocycles. The standard InChI is InChI=1S/C18H13N3O/c1-22-17-8-6-15(7-9-17)18-20-11-16(12-21-18)14-4-2-13(10-19)3-5-14/h2-9,11-12H,1H3. The highest BCUT2D eigenvalue weighted by Gasteiger charge is 2.04. The third kappa shape index (κ3) is 2.79. The van der Waals surface area contributed by atoms with Crippen LogP contribution in [0.3, 0.4) is 0 Å². The summed E-state index contributed by atoms with van der Waals surface area (Å²) in [5.41, 5.74) is 3.48. The van der Waals surface area contributed by atoms with Crippen molar-refractivity contribution < 1.29 is 4.74 Å². The minimum Gasteiger partial charge on any atom is -0.497 e. The van der Waals surface area contributed by atoms with Gasteiger partial charge in [-0.15, -0.1) is 0 Å². The van der Waals surface area contributed by atoms with E-state index in [1.165, 1.54) is 0 Å². The van der Waals surface area contributed by atoms with Gasteiger partial charge in [-0.3, -0.25) is 0 Å². The fraction of sp³-hybridized carbons (Fsp3) is 0.0556. The number of hydrogen-bond donors (Lipinski definition) is 0. The van der Waals surface area contributed by atoms with E-state index < -0.39 is 0 Å². The number of benzene rings is 2. The molecule has 0 fully saturated rings.